The van der Waals surface area contributed by atoms with E-state index in [2.05, 4.69) is 10.3 Å². The lowest BCUT2D eigenvalue weighted by Crippen LogP contribution is -2.15. The first-order valence-corrected chi connectivity index (χ1v) is 8.78. The second kappa shape index (κ2) is 8.53. The number of carbonyl (C=O) groups excluding carboxylic acids is 1. The molecule has 0 saturated carbocycles. The summed E-state index contributed by atoms with van der Waals surface area (Å²) in [5, 5.41) is 3.15. The second-order valence-electron chi connectivity index (χ2n) is 5.52. The van der Waals surface area contributed by atoms with Gasteiger partial charge in [0.05, 0.1) is 13.0 Å². The van der Waals surface area contributed by atoms with E-state index in [9.17, 15) is 13.6 Å². The number of aromatic nitrogens is 1. The fraction of sp³-hybridized carbons (Fsp3) is 0.158. The lowest BCUT2D eigenvalue weighted by Gasteiger charge is -2.06. The molecule has 0 aliphatic rings. The summed E-state index contributed by atoms with van der Waals surface area (Å²) in [6.45, 7) is 0.0638. The van der Waals surface area contributed by atoms with Crippen LogP contribution in [-0.2, 0) is 11.2 Å². The normalized spacial score (nSPS) is 10.5. The standard InChI is InChI=1S/C19H16F2N2O2S/c20-14-5-3-4-13(10-14)11-15-12-22-19(26-15)23-18(24)8-9-25-17-7-2-1-6-16(17)21/h1-7,10,12H,8-9,11H2,(H,22,23,24). The first-order chi connectivity index (χ1) is 12.6. The number of carbonyl (C=O) groups is 1. The van der Waals surface area contributed by atoms with Crippen molar-refractivity contribution in [2.45, 2.75) is 12.8 Å². The van der Waals surface area contributed by atoms with Crippen LogP contribution in [0.3, 0.4) is 0 Å². The number of hydrogen-bond donors (Lipinski definition) is 1. The summed E-state index contributed by atoms with van der Waals surface area (Å²) in [5.41, 5.74) is 0.838. The van der Waals surface area contributed by atoms with E-state index in [1.54, 1.807) is 24.4 Å². The zero-order valence-corrected chi connectivity index (χ0v) is 14.6. The molecule has 1 amide bonds. The number of nitrogens with one attached hydrogen (secondary N) is 1. The largest absolute Gasteiger partial charge is 0.490 e. The maximum absolute atomic E-state index is 13.4. The summed E-state index contributed by atoms with van der Waals surface area (Å²) in [6, 6.07) is 12.4. The predicted octanol–water partition coefficient (Wildman–Crippen LogP) is 4.42. The molecule has 0 radical (unpaired) electrons. The van der Waals surface area contributed by atoms with E-state index in [4.69, 9.17) is 4.74 Å². The fourth-order valence-corrected chi connectivity index (χ4v) is 3.16. The number of para-hydroxylation sites is 1. The molecule has 1 N–H and O–H groups in total. The Morgan fingerprint density at radius 2 is 2.00 bits per heavy atom. The Morgan fingerprint density at radius 1 is 1.15 bits per heavy atom. The van der Waals surface area contributed by atoms with Crippen molar-refractivity contribution in [1.82, 2.24) is 4.98 Å². The van der Waals surface area contributed by atoms with Gasteiger partial charge in [-0.15, -0.1) is 11.3 Å². The van der Waals surface area contributed by atoms with Gasteiger partial charge in [-0.2, -0.15) is 0 Å². The third-order valence-electron chi connectivity index (χ3n) is 3.49. The zero-order valence-electron chi connectivity index (χ0n) is 13.7. The van der Waals surface area contributed by atoms with Crippen LogP contribution in [0.15, 0.2) is 54.7 Å². The molecule has 4 nitrogen and oxygen atoms in total. The summed E-state index contributed by atoms with van der Waals surface area (Å²) in [7, 11) is 0. The molecule has 134 valence electrons. The van der Waals surface area contributed by atoms with E-state index in [1.165, 1.54) is 35.6 Å². The highest BCUT2D eigenvalue weighted by Gasteiger charge is 2.09. The van der Waals surface area contributed by atoms with E-state index in [0.717, 1.165) is 10.4 Å². The molecule has 0 fully saturated rings. The summed E-state index contributed by atoms with van der Waals surface area (Å²) in [6.07, 6.45) is 2.27. The number of amides is 1. The summed E-state index contributed by atoms with van der Waals surface area (Å²) < 4.78 is 31.9. The van der Waals surface area contributed by atoms with Crippen LogP contribution in [0.2, 0.25) is 0 Å². The van der Waals surface area contributed by atoms with Crippen LogP contribution in [-0.4, -0.2) is 17.5 Å². The smallest absolute Gasteiger partial charge is 0.229 e. The van der Waals surface area contributed by atoms with Crippen LogP contribution in [0, 0.1) is 11.6 Å². The van der Waals surface area contributed by atoms with Crippen molar-refractivity contribution in [1.29, 1.82) is 0 Å². The molecule has 1 aromatic heterocycles. The molecule has 0 unspecified atom stereocenters. The van der Waals surface area contributed by atoms with Crippen molar-refractivity contribution in [3.05, 3.63) is 76.8 Å². The van der Waals surface area contributed by atoms with Gasteiger partial charge in [-0.3, -0.25) is 4.79 Å². The zero-order chi connectivity index (χ0) is 18.4. The van der Waals surface area contributed by atoms with Crippen molar-refractivity contribution < 1.29 is 18.3 Å². The first-order valence-electron chi connectivity index (χ1n) is 7.96. The SMILES string of the molecule is O=C(CCOc1ccccc1F)Nc1ncc(Cc2cccc(F)c2)s1. The van der Waals surface area contributed by atoms with E-state index in [1.807, 2.05) is 6.07 Å². The van der Waals surface area contributed by atoms with E-state index in [0.29, 0.717) is 11.6 Å². The quantitative estimate of drug-likeness (QED) is 0.666. The van der Waals surface area contributed by atoms with Crippen molar-refractivity contribution in [2.75, 3.05) is 11.9 Å². The molecular formula is C19H16F2N2O2S. The predicted molar refractivity (Wildman–Crippen MR) is 96.5 cm³/mol. The second-order valence-corrected chi connectivity index (χ2v) is 6.63. The highest BCUT2D eigenvalue weighted by Crippen LogP contribution is 2.22. The van der Waals surface area contributed by atoms with Crippen LogP contribution in [0.4, 0.5) is 13.9 Å². The van der Waals surface area contributed by atoms with Gasteiger partial charge in [-0.25, -0.2) is 13.8 Å². The van der Waals surface area contributed by atoms with Crippen molar-refractivity contribution >= 4 is 22.4 Å². The van der Waals surface area contributed by atoms with Crippen molar-refractivity contribution in [3.63, 3.8) is 0 Å². The molecular weight excluding hydrogens is 358 g/mol. The molecule has 0 aliphatic heterocycles. The third-order valence-corrected chi connectivity index (χ3v) is 4.40. The summed E-state index contributed by atoms with van der Waals surface area (Å²) in [4.78, 5) is 17.0. The minimum absolute atomic E-state index is 0.0638. The van der Waals surface area contributed by atoms with E-state index >= 15 is 0 Å². The highest BCUT2D eigenvalue weighted by molar-refractivity contribution is 7.15. The summed E-state index contributed by atoms with van der Waals surface area (Å²) in [5.74, 6) is -0.898. The number of rotatable bonds is 7. The number of nitrogens with zero attached hydrogens (tertiary/aromatic N) is 1. The number of halogens is 2. The molecule has 0 saturated heterocycles. The Morgan fingerprint density at radius 3 is 2.81 bits per heavy atom. The number of thiazole rings is 1. The maximum Gasteiger partial charge on any atom is 0.229 e. The molecule has 0 aliphatic carbocycles. The Balaban J connectivity index is 1.47. The van der Waals surface area contributed by atoms with Crippen molar-refractivity contribution in [2.24, 2.45) is 0 Å². The van der Waals surface area contributed by atoms with Gasteiger partial charge < -0.3 is 10.1 Å². The lowest BCUT2D eigenvalue weighted by molar-refractivity contribution is -0.116. The average Bonchev–Trinajstić information content (AvgIpc) is 3.03. The van der Waals surface area contributed by atoms with E-state index in [-0.39, 0.29) is 30.5 Å². The van der Waals surface area contributed by atoms with Gasteiger partial charge >= 0.3 is 0 Å². The molecule has 0 spiro atoms. The van der Waals surface area contributed by atoms with Crippen molar-refractivity contribution in [3.8, 4) is 5.75 Å². The number of hydrogen-bond acceptors (Lipinski definition) is 4. The van der Waals surface area contributed by atoms with Gasteiger partial charge in [0, 0.05) is 17.5 Å². The van der Waals surface area contributed by atoms with Gasteiger partial charge in [0.2, 0.25) is 5.91 Å². The maximum atomic E-state index is 13.4. The molecule has 1 heterocycles. The van der Waals surface area contributed by atoms with Gasteiger partial charge in [-0.1, -0.05) is 24.3 Å². The Bertz CT molecular complexity index is 899. The summed E-state index contributed by atoms with van der Waals surface area (Å²) >= 11 is 1.33. The fourth-order valence-electron chi connectivity index (χ4n) is 2.29. The van der Waals surface area contributed by atoms with Gasteiger partial charge in [-0.05, 0) is 29.8 Å². The molecule has 3 aromatic rings. The topological polar surface area (TPSA) is 51.2 Å². The van der Waals surface area contributed by atoms with Crippen LogP contribution >= 0.6 is 11.3 Å². The van der Waals surface area contributed by atoms with Gasteiger partial charge in [0.25, 0.3) is 0 Å². The Hall–Kier alpha value is -2.80. The Labute approximate surface area is 153 Å². The lowest BCUT2D eigenvalue weighted by atomic mass is 10.1. The molecule has 0 atom stereocenters. The van der Waals surface area contributed by atoms with E-state index < -0.39 is 5.82 Å². The number of ether oxygens (including phenoxy) is 1. The monoisotopic (exact) mass is 374 g/mol. The average molecular weight is 374 g/mol. The first kappa shape index (κ1) is 18.0. The molecule has 26 heavy (non-hydrogen) atoms. The van der Waals surface area contributed by atoms with Crippen LogP contribution in [0.5, 0.6) is 5.75 Å². The molecule has 3 rings (SSSR count). The highest BCUT2D eigenvalue weighted by atomic mass is 32.1. The molecule has 7 heteroatoms. The number of benzene rings is 2. The third kappa shape index (κ3) is 5.10. The minimum atomic E-state index is -0.463. The van der Waals surface area contributed by atoms with Crippen LogP contribution in [0.1, 0.15) is 16.9 Å². The number of anilines is 1. The van der Waals surface area contributed by atoms with Gasteiger partial charge in [0.1, 0.15) is 5.82 Å². The molecule has 2 aromatic carbocycles. The van der Waals surface area contributed by atoms with Crippen LogP contribution in [0.25, 0.3) is 0 Å². The van der Waals surface area contributed by atoms with Crippen LogP contribution < -0.4 is 10.1 Å². The van der Waals surface area contributed by atoms with Gasteiger partial charge in [0.15, 0.2) is 16.7 Å². The Kier molecular flexibility index (Phi) is 5.91. The molecule has 0 bridgehead atoms. The minimum Gasteiger partial charge on any atom is -0.490 e.